The molecule has 1 fully saturated rings. The maximum Gasteiger partial charge on any atom is 0.254 e. The number of rotatable bonds is 4. The number of methoxy groups -OCH3 is 1. The summed E-state index contributed by atoms with van der Waals surface area (Å²) in [7, 11) is 1.44. The van der Waals surface area contributed by atoms with Crippen LogP contribution in [0.15, 0.2) is 42.5 Å². The Morgan fingerprint density at radius 2 is 1.84 bits per heavy atom. The van der Waals surface area contributed by atoms with Crippen molar-refractivity contribution in [2.75, 3.05) is 33.3 Å². The summed E-state index contributed by atoms with van der Waals surface area (Å²) in [5.41, 5.74) is 1.23. The van der Waals surface area contributed by atoms with E-state index in [1.165, 1.54) is 31.4 Å². The number of nitrogens with zero attached hydrogens (tertiary/aromatic N) is 2. The van der Waals surface area contributed by atoms with Crippen LogP contribution in [0.2, 0.25) is 0 Å². The summed E-state index contributed by atoms with van der Waals surface area (Å²) in [6, 6.07) is 10.7. The normalized spacial score (nSPS) is 15.2. The van der Waals surface area contributed by atoms with Crippen LogP contribution < -0.4 is 4.74 Å². The monoisotopic (exact) mass is 346 g/mol. The van der Waals surface area contributed by atoms with Gasteiger partial charge >= 0.3 is 0 Å². The lowest BCUT2D eigenvalue weighted by molar-refractivity contribution is 0.0628. The van der Waals surface area contributed by atoms with Gasteiger partial charge in [-0.1, -0.05) is 12.1 Å². The lowest BCUT2D eigenvalue weighted by Gasteiger charge is -2.34. The fraction of sp³-hybridized carbons (Fsp3) is 0.316. The second kappa shape index (κ2) is 7.61. The molecule has 0 saturated carbocycles. The summed E-state index contributed by atoms with van der Waals surface area (Å²) >= 11 is 0. The fourth-order valence-corrected chi connectivity index (χ4v) is 2.98. The van der Waals surface area contributed by atoms with Crippen molar-refractivity contribution in [1.82, 2.24) is 9.80 Å². The summed E-state index contributed by atoms with van der Waals surface area (Å²) in [6.45, 7) is 3.12. The molecule has 1 aliphatic heterocycles. The molecular weight excluding hydrogens is 326 g/mol. The van der Waals surface area contributed by atoms with Gasteiger partial charge < -0.3 is 9.64 Å². The molecule has 1 heterocycles. The van der Waals surface area contributed by atoms with Crippen LogP contribution in [0.25, 0.3) is 0 Å². The minimum Gasteiger partial charge on any atom is -0.494 e. The lowest BCUT2D eigenvalue weighted by atomic mass is 10.1. The molecule has 6 heteroatoms. The molecule has 25 heavy (non-hydrogen) atoms. The Morgan fingerprint density at radius 1 is 1.08 bits per heavy atom. The fourth-order valence-electron chi connectivity index (χ4n) is 2.98. The lowest BCUT2D eigenvalue weighted by Crippen LogP contribution is -2.48. The van der Waals surface area contributed by atoms with Crippen LogP contribution in [0.1, 0.15) is 15.9 Å². The second-order valence-corrected chi connectivity index (χ2v) is 6.05. The number of carbonyl (C=O) groups excluding carboxylic acids is 1. The Kier molecular flexibility index (Phi) is 5.28. The van der Waals surface area contributed by atoms with Crippen molar-refractivity contribution in [3.05, 3.63) is 65.2 Å². The number of hydrogen-bond acceptors (Lipinski definition) is 3. The molecule has 132 valence electrons. The Morgan fingerprint density at radius 3 is 2.48 bits per heavy atom. The van der Waals surface area contributed by atoms with E-state index in [1.807, 2.05) is 6.07 Å². The quantitative estimate of drug-likeness (QED) is 0.853. The second-order valence-electron chi connectivity index (χ2n) is 6.05. The molecule has 0 spiro atoms. The number of ether oxygens (including phenoxy) is 1. The van der Waals surface area contributed by atoms with E-state index in [-0.39, 0.29) is 17.5 Å². The summed E-state index contributed by atoms with van der Waals surface area (Å²) in [5, 5.41) is 0. The highest BCUT2D eigenvalue weighted by Gasteiger charge is 2.22. The van der Waals surface area contributed by atoms with Crippen molar-refractivity contribution >= 4 is 5.91 Å². The van der Waals surface area contributed by atoms with Crippen molar-refractivity contribution in [3.63, 3.8) is 0 Å². The van der Waals surface area contributed by atoms with E-state index in [1.54, 1.807) is 17.0 Å². The summed E-state index contributed by atoms with van der Waals surface area (Å²) in [6.07, 6.45) is 0. The average Bonchev–Trinajstić information content (AvgIpc) is 2.62. The Hall–Kier alpha value is -2.47. The zero-order chi connectivity index (χ0) is 17.8. The average molecular weight is 346 g/mol. The molecule has 1 aliphatic rings. The van der Waals surface area contributed by atoms with E-state index < -0.39 is 5.82 Å². The van der Waals surface area contributed by atoms with E-state index in [0.29, 0.717) is 38.3 Å². The van der Waals surface area contributed by atoms with Crippen LogP contribution in [0.5, 0.6) is 5.75 Å². The number of hydrogen-bond donors (Lipinski definition) is 0. The first kappa shape index (κ1) is 17.4. The Balaban J connectivity index is 1.56. The smallest absolute Gasteiger partial charge is 0.254 e. The van der Waals surface area contributed by atoms with Gasteiger partial charge in [-0.3, -0.25) is 9.69 Å². The molecule has 0 bridgehead atoms. The van der Waals surface area contributed by atoms with Gasteiger partial charge in [0.25, 0.3) is 5.91 Å². The van der Waals surface area contributed by atoms with Crippen molar-refractivity contribution < 1.29 is 18.3 Å². The van der Waals surface area contributed by atoms with Gasteiger partial charge in [-0.2, -0.15) is 0 Å². The van der Waals surface area contributed by atoms with Gasteiger partial charge in [0.05, 0.1) is 7.11 Å². The number of halogens is 2. The maximum atomic E-state index is 13.8. The number of carbonyl (C=O) groups is 1. The number of piperazine rings is 1. The molecule has 3 rings (SSSR count). The van der Waals surface area contributed by atoms with Crippen molar-refractivity contribution in [2.24, 2.45) is 0 Å². The zero-order valence-electron chi connectivity index (χ0n) is 14.0. The van der Waals surface area contributed by atoms with Gasteiger partial charge in [0.15, 0.2) is 11.6 Å². The first-order valence-electron chi connectivity index (χ1n) is 8.16. The summed E-state index contributed by atoms with van der Waals surface area (Å²) in [5.74, 6) is -0.713. The molecule has 0 aliphatic carbocycles. The van der Waals surface area contributed by atoms with E-state index in [4.69, 9.17) is 4.74 Å². The highest BCUT2D eigenvalue weighted by Crippen LogP contribution is 2.19. The molecule has 0 atom stereocenters. The summed E-state index contributed by atoms with van der Waals surface area (Å²) in [4.78, 5) is 16.3. The first-order valence-corrected chi connectivity index (χ1v) is 8.16. The largest absolute Gasteiger partial charge is 0.494 e. The molecule has 2 aromatic rings. The molecule has 0 N–H and O–H groups in total. The van der Waals surface area contributed by atoms with Gasteiger partial charge in [0, 0.05) is 38.3 Å². The third-order valence-corrected chi connectivity index (χ3v) is 4.35. The Labute approximate surface area is 145 Å². The van der Waals surface area contributed by atoms with Gasteiger partial charge in [-0.25, -0.2) is 8.78 Å². The SMILES string of the molecule is COc1ccc(CN2CCN(C(=O)c3cccc(F)c3)CC2)cc1F. The molecule has 4 nitrogen and oxygen atoms in total. The predicted molar refractivity (Wildman–Crippen MR) is 90.5 cm³/mol. The molecule has 0 radical (unpaired) electrons. The minimum absolute atomic E-state index is 0.158. The third kappa shape index (κ3) is 4.14. The van der Waals surface area contributed by atoms with Crippen LogP contribution in [0, 0.1) is 11.6 Å². The Bertz CT molecular complexity index is 759. The van der Waals surface area contributed by atoms with Crippen molar-refractivity contribution in [2.45, 2.75) is 6.54 Å². The third-order valence-electron chi connectivity index (χ3n) is 4.35. The molecule has 0 unspecified atom stereocenters. The standard InChI is InChI=1S/C19H20F2N2O2/c1-25-18-6-5-14(11-17(18)21)13-22-7-9-23(10-8-22)19(24)15-3-2-4-16(20)12-15/h2-6,11-12H,7-10,13H2,1H3. The van der Waals surface area contributed by atoms with Crippen molar-refractivity contribution in [1.29, 1.82) is 0 Å². The topological polar surface area (TPSA) is 32.8 Å². The maximum absolute atomic E-state index is 13.8. The number of benzene rings is 2. The summed E-state index contributed by atoms with van der Waals surface area (Å²) < 4.78 is 32.0. The minimum atomic E-state index is -0.411. The van der Waals surface area contributed by atoms with E-state index in [0.717, 1.165) is 5.56 Å². The van der Waals surface area contributed by atoms with E-state index >= 15 is 0 Å². The highest BCUT2D eigenvalue weighted by molar-refractivity contribution is 5.94. The van der Waals surface area contributed by atoms with Gasteiger partial charge in [-0.15, -0.1) is 0 Å². The molecule has 2 aromatic carbocycles. The number of amides is 1. The van der Waals surface area contributed by atoms with Crippen LogP contribution in [0.3, 0.4) is 0 Å². The van der Waals surface area contributed by atoms with Gasteiger partial charge in [-0.05, 0) is 35.9 Å². The van der Waals surface area contributed by atoms with Gasteiger partial charge in [0.2, 0.25) is 0 Å². The molecule has 0 aromatic heterocycles. The zero-order valence-corrected chi connectivity index (χ0v) is 14.0. The van der Waals surface area contributed by atoms with Crippen LogP contribution in [-0.2, 0) is 6.54 Å². The predicted octanol–water partition coefficient (Wildman–Crippen LogP) is 2.93. The first-order chi connectivity index (χ1) is 12.1. The molecular formula is C19H20F2N2O2. The highest BCUT2D eigenvalue weighted by atomic mass is 19.1. The van der Waals surface area contributed by atoms with E-state index in [2.05, 4.69) is 4.90 Å². The molecule has 1 saturated heterocycles. The van der Waals surface area contributed by atoms with Gasteiger partial charge in [0.1, 0.15) is 5.82 Å². The van der Waals surface area contributed by atoms with E-state index in [9.17, 15) is 13.6 Å². The molecule has 1 amide bonds. The van der Waals surface area contributed by atoms with Crippen molar-refractivity contribution in [3.8, 4) is 5.75 Å². The van der Waals surface area contributed by atoms with Crippen LogP contribution in [-0.4, -0.2) is 49.0 Å². The van der Waals surface area contributed by atoms with Crippen LogP contribution in [0.4, 0.5) is 8.78 Å². The van der Waals surface area contributed by atoms with Crippen LogP contribution >= 0.6 is 0 Å².